The summed E-state index contributed by atoms with van der Waals surface area (Å²) < 4.78 is 28.3. The van der Waals surface area contributed by atoms with Crippen molar-refractivity contribution in [2.24, 2.45) is 17.6 Å². The highest BCUT2D eigenvalue weighted by atomic mass is 32.2. The van der Waals surface area contributed by atoms with Crippen molar-refractivity contribution in [1.29, 1.82) is 0 Å². The molecule has 0 radical (unpaired) electrons. The molecule has 3 rings (SSSR count). The molecule has 26 heavy (non-hydrogen) atoms. The van der Waals surface area contributed by atoms with E-state index in [0.717, 1.165) is 47.8 Å². The zero-order valence-electron chi connectivity index (χ0n) is 15.3. The van der Waals surface area contributed by atoms with Crippen LogP contribution in [0.4, 0.5) is 0 Å². The Balaban J connectivity index is 1.72. The molecule has 1 aliphatic carbocycles. The minimum absolute atomic E-state index is 0.413. The second-order valence-electron chi connectivity index (χ2n) is 6.95. The van der Waals surface area contributed by atoms with Crippen molar-refractivity contribution in [2.45, 2.75) is 43.7 Å². The SMILES string of the molecule is CCN(CC1CCC(CN)CC1)S(=O)(=O)c1ccc(-c2csc(C)n2)s1. The first-order valence-electron chi connectivity index (χ1n) is 9.16. The molecule has 0 atom stereocenters. The molecule has 1 fully saturated rings. The number of sulfonamides is 1. The quantitative estimate of drug-likeness (QED) is 0.745. The van der Waals surface area contributed by atoms with Crippen molar-refractivity contribution in [3.05, 3.63) is 22.5 Å². The molecule has 144 valence electrons. The van der Waals surface area contributed by atoms with Crippen LogP contribution in [0, 0.1) is 18.8 Å². The first kappa shape index (κ1) is 19.9. The minimum Gasteiger partial charge on any atom is -0.330 e. The molecular formula is C18H27N3O2S3. The van der Waals surface area contributed by atoms with Crippen molar-refractivity contribution in [3.8, 4) is 10.6 Å². The van der Waals surface area contributed by atoms with E-state index in [-0.39, 0.29) is 0 Å². The Bertz CT molecular complexity index is 820. The van der Waals surface area contributed by atoms with E-state index in [1.54, 1.807) is 21.7 Å². The van der Waals surface area contributed by atoms with Crippen LogP contribution in [0.3, 0.4) is 0 Å². The zero-order valence-corrected chi connectivity index (χ0v) is 17.8. The number of thiazole rings is 1. The second-order valence-corrected chi connectivity index (χ2v) is 11.3. The summed E-state index contributed by atoms with van der Waals surface area (Å²) in [6.45, 7) is 5.73. The van der Waals surface area contributed by atoms with Crippen LogP contribution in [0.1, 0.15) is 37.6 Å². The monoisotopic (exact) mass is 413 g/mol. The van der Waals surface area contributed by atoms with Crippen molar-refractivity contribution in [2.75, 3.05) is 19.6 Å². The summed E-state index contributed by atoms with van der Waals surface area (Å²) in [5.41, 5.74) is 6.63. The van der Waals surface area contributed by atoms with E-state index in [1.165, 1.54) is 11.3 Å². The Morgan fingerprint density at radius 3 is 2.50 bits per heavy atom. The summed E-state index contributed by atoms with van der Waals surface area (Å²) in [7, 11) is -3.45. The number of nitrogens with two attached hydrogens (primary N) is 1. The summed E-state index contributed by atoms with van der Waals surface area (Å²) in [4.78, 5) is 5.37. The molecule has 0 saturated heterocycles. The van der Waals surface area contributed by atoms with Gasteiger partial charge in [0, 0.05) is 18.5 Å². The summed E-state index contributed by atoms with van der Waals surface area (Å²) in [6.07, 6.45) is 4.37. The second kappa shape index (κ2) is 8.48. The topological polar surface area (TPSA) is 76.3 Å². The van der Waals surface area contributed by atoms with Crippen LogP contribution in [-0.2, 0) is 10.0 Å². The van der Waals surface area contributed by atoms with Gasteiger partial charge in [0.2, 0.25) is 0 Å². The maximum atomic E-state index is 13.1. The van der Waals surface area contributed by atoms with Crippen molar-refractivity contribution >= 4 is 32.7 Å². The fourth-order valence-electron chi connectivity index (χ4n) is 3.54. The van der Waals surface area contributed by atoms with Crippen molar-refractivity contribution in [1.82, 2.24) is 9.29 Å². The zero-order chi connectivity index (χ0) is 18.7. The van der Waals surface area contributed by atoms with Gasteiger partial charge in [-0.15, -0.1) is 22.7 Å². The van der Waals surface area contributed by atoms with Gasteiger partial charge in [0.1, 0.15) is 4.21 Å². The fourth-order valence-corrected chi connectivity index (χ4v) is 7.17. The lowest BCUT2D eigenvalue weighted by Gasteiger charge is -2.31. The summed E-state index contributed by atoms with van der Waals surface area (Å²) in [6, 6.07) is 3.59. The Morgan fingerprint density at radius 2 is 1.92 bits per heavy atom. The van der Waals surface area contributed by atoms with Gasteiger partial charge in [0.15, 0.2) is 0 Å². The molecule has 8 heteroatoms. The highest BCUT2D eigenvalue weighted by Crippen LogP contribution is 2.34. The highest BCUT2D eigenvalue weighted by molar-refractivity contribution is 7.91. The third kappa shape index (κ3) is 4.36. The van der Waals surface area contributed by atoms with Gasteiger partial charge in [0.25, 0.3) is 10.0 Å². The van der Waals surface area contributed by atoms with Crippen molar-refractivity contribution in [3.63, 3.8) is 0 Å². The number of hydrogen-bond acceptors (Lipinski definition) is 6. The third-order valence-electron chi connectivity index (χ3n) is 5.16. The Kier molecular flexibility index (Phi) is 6.50. The predicted octanol–water partition coefficient (Wildman–Crippen LogP) is 3.96. The summed E-state index contributed by atoms with van der Waals surface area (Å²) >= 11 is 2.89. The van der Waals surface area contributed by atoms with E-state index < -0.39 is 10.0 Å². The molecular weight excluding hydrogens is 386 g/mol. The van der Waals surface area contributed by atoms with Crippen LogP contribution in [-0.4, -0.2) is 37.3 Å². The maximum Gasteiger partial charge on any atom is 0.252 e. The molecule has 0 amide bonds. The van der Waals surface area contributed by atoms with Gasteiger partial charge in [-0.05, 0) is 63.1 Å². The molecule has 1 saturated carbocycles. The molecule has 0 spiro atoms. The summed E-state index contributed by atoms with van der Waals surface area (Å²) in [5.74, 6) is 1.05. The van der Waals surface area contributed by atoms with Crippen LogP contribution in [0.2, 0.25) is 0 Å². The normalized spacial score (nSPS) is 21.4. The van der Waals surface area contributed by atoms with Crippen molar-refractivity contribution < 1.29 is 8.42 Å². The summed E-state index contributed by atoms with van der Waals surface area (Å²) in [5, 5.41) is 2.96. The average Bonchev–Trinajstić information content (AvgIpc) is 3.29. The Morgan fingerprint density at radius 1 is 1.23 bits per heavy atom. The lowest BCUT2D eigenvalue weighted by Crippen LogP contribution is -2.36. The Hall–Kier alpha value is -0.800. The average molecular weight is 414 g/mol. The lowest BCUT2D eigenvalue weighted by molar-refractivity contribution is 0.240. The molecule has 5 nitrogen and oxygen atoms in total. The fraction of sp³-hybridized carbons (Fsp3) is 0.611. The third-order valence-corrected chi connectivity index (χ3v) is 9.45. The first-order valence-corrected chi connectivity index (χ1v) is 12.3. The molecule has 2 N–H and O–H groups in total. The van der Waals surface area contributed by atoms with Gasteiger partial charge >= 0.3 is 0 Å². The van der Waals surface area contributed by atoms with Gasteiger partial charge in [-0.25, -0.2) is 13.4 Å². The molecule has 0 aliphatic heterocycles. The highest BCUT2D eigenvalue weighted by Gasteiger charge is 2.29. The van der Waals surface area contributed by atoms with Gasteiger partial charge in [-0.2, -0.15) is 4.31 Å². The van der Waals surface area contributed by atoms with Crippen LogP contribution >= 0.6 is 22.7 Å². The number of nitrogens with zero attached hydrogens (tertiary/aromatic N) is 2. The van der Waals surface area contributed by atoms with Crippen LogP contribution in [0.5, 0.6) is 0 Å². The number of aromatic nitrogens is 1. The van der Waals surface area contributed by atoms with Crippen LogP contribution in [0.15, 0.2) is 21.7 Å². The predicted molar refractivity (Wildman–Crippen MR) is 109 cm³/mol. The molecule has 0 unspecified atom stereocenters. The smallest absolute Gasteiger partial charge is 0.252 e. The lowest BCUT2D eigenvalue weighted by atomic mass is 9.82. The van der Waals surface area contributed by atoms with Gasteiger partial charge in [-0.1, -0.05) is 6.92 Å². The Labute approximate surface area is 164 Å². The van der Waals surface area contributed by atoms with Crippen LogP contribution < -0.4 is 5.73 Å². The molecule has 2 aromatic rings. The van der Waals surface area contributed by atoms with E-state index in [2.05, 4.69) is 4.98 Å². The number of thiophene rings is 1. The van der Waals surface area contributed by atoms with E-state index in [1.807, 2.05) is 25.3 Å². The van der Waals surface area contributed by atoms with E-state index in [9.17, 15) is 8.42 Å². The molecule has 2 aromatic heterocycles. The number of rotatable bonds is 7. The molecule has 0 bridgehead atoms. The van der Waals surface area contributed by atoms with Gasteiger partial charge < -0.3 is 5.73 Å². The largest absolute Gasteiger partial charge is 0.330 e. The number of aryl methyl sites for hydroxylation is 1. The number of hydrogen-bond donors (Lipinski definition) is 1. The molecule has 0 aromatic carbocycles. The molecule has 1 aliphatic rings. The first-order chi connectivity index (χ1) is 12.4. The van der Waals surface area contributed by atoms with E-state index in [4.69, 9.17) is 5.73 Å². The molecule has 2 heterocycles. The minimum atomic E-state index is -3.45. The van der Waals surface area contributed by atoms with E-state index >= 15 is 0 Å². The standard InChI is InChI=1S/C18H27N3O2S3/c1-3-21(11-15-6-4-14(10-19)5-7-15)26(22,23)18-9-8-17(25-18)16-12-24-13(2)20-16/h8-9,12,14-15H,3-7,10-11,19H2,1-2H3. The van der Waals surface area contributed by atoms with Gasteiger partial charge in [-0.3, -0.25) is 0 Å². The van der Waals surface area contributed by atoms with Crippen LogP contribution in [0.25, 0.3) is 10.6 Å². The van der Waals surface area contributed by atoms with Gasteiger partial charge in [0.05, 0.1) is 15.6 Å². The maximum absolute atomic E-state index is 13.1. The van der Waals surface area contributed by atoms with E-state index in [0.29, 0.717) is 29.1 Å².